The van der Waals surface area contributed by atoms with Crippen LogP contribution < -0.4 is 27.9 Å². The highest BCUT2D eigenvalue weighted by atomic mass is 35.5. The second kappa shape index (κ2) is 10.5. The third-order valence-corrected chi connectivity index (χ3v) is 5.77. The van der Waals surface area contributed by atoms with E-state index in [2.05, 4.69) is 15.5 Å². The zero-order chi connectivity index (χ0) is 21.8. The molecule has 7 nitrogen and oxygen atoms in total. The first kappa shape index (κ1) is 23.6. The Morgan fingerprint density at radius 1 is 1.03 bits per heavy atom. The number of urea groups is 1. The van der Waals surface area contributed by atoms with E-state index in [0.717, 1.165) is 48.6 Å². The highest BCUT2D eigenvalue weighted by Gasteiger charge is 2.32. The third-order valence-electron chi connectivity index (χ3n) is 5.77. The van der Waals surface area contributed by atoms with Crippen LogP contribution in [-0.4, -0.2) is 49.0 Å². The molecule has 0 saturated carbocycles. The maximum absolute atomic E-state index is 13.2. The number of carbonyl (C=O) groups excluding carboxylic acids is 2. The van der Waals surface area contributed by atoms with Gasteiger partial charge < -0.3 is 32.8 Å². The Hall–Kier alpha value is -3.06. The quantitative estimate of drug-likeness (QED) is 0.703. The SMILES string of the molecule is Cc1cccc(NC(=O)N[C@@H]2N=C(N3CCCCCC3)c3ccccc3N(C)C2=O)c1.[Cl-]. The number of amidine groups is 1. The minimum Gasteiger partial charge on any atom is -1.00 e. The summed E-state index contributed by atoms with van der Waals surface area (Å²) in [5.41, 5.74) is 3.44. The van der Waals surface area contributed by atoms with E-state index in [9.17, 15) is 9.59 Å². The molecular weight excluding hydrogens is 426 g/mol. The highest BCUT2D eigenvalue weighted by molar-refractivity contribution is 6.12. The van der Waals surface area contributed by atoms with Crippen LogP contribution in [0.4, 0.5) is 16.2 Å². The molecule has 170 valence electrons. The van der Waals surface area contributed by atoms with Crippen molar-refractivity contribution >= 4 is 29.1 Å². The van der Waals surface area contributed by atoms with Gasteiger partial charge >= 0.3 is 6.03 Å². The molecule has 2 aliphatic heterocycles. The Morgan fingerprint density at radius 2 is 1.75 bits per heavy atom. The molecule has 0 aromatic heterocycles. The number of hydrogen-bond donors (Lipinski definition) is 2. The van der Waals surface area contributed by atoms with Crippen LogP contribution in [0.15, 0.2) is 53.5 Å². The summed E-state index contributed by atoms with van der Waals surface area (Å²) in [5, 5.41) is 5.58. The van der Waals surface area contributed by atoms with E-state index in [4.69, 9.17) is 4.99 Å². The lowest BCUT2D eigenvalue weighted by Gasteiger charge is -2.25. The van der Waals surface area contributed by atoms with E-state index in [1.807, 2.05) is 55.5 Å². The van der Waals surface area contributed by atoms with Gasteiger partial charge in [0.05, 0.1) is 5.69 Å². The highest BCUT2D eigenvalue weighted by Crippen LogP contribution is 2.27. The van der Waals surface area contributed by atoms with Crippen LogP contribution in [-0.2, 0) is 4.79 Å². The Balaban J connectivity index is 0.00000289. The molecule has 1 saturated heterocycles. The number of carbonyl (C=O) groups is 2. The van der Waals surface area contributed by atoms with Crippen LogP contribution in [0.3, 0.4) is 0 Å². The average Bonchev–Trinajstić information content (AvgIpc) is 3.09. The van der Waals surface area contributed by atoms with Crippen LogP contribution in [0.1, 0.15) is 36.8 Å². The number of para-hydroxylation sites is 1. The summed E-state index contributed by atoms with van der Waals surface area (Å²) in [6, 6.07) is 14.9. The fourth-order valence-corrected chi connectivity index (χ4v) is 4.15. The number of fused-ring (bicyclic) bond motifs is 1. The van der Waals surface area contributed by atoms with Gasteiger partial charge in [-0.1, -0.05) is 37.1 Å². The molecule has 2 N–H and O–H groups in total. The number of aryl methyl sites for hydroxylation is 1. The molecule has 2 aromatic rings. The maximum Gasteiger partial charge on any atom is 0.321 e. The van der Waals surface area contributed by atoms with Crippen molar-refractivity contribution in [3.63, 3.8) is 0 Å². The van der Waals surface area contributed by atoms with Gasteiger partial charge in [-0.2, -0.15) is 0 Å². The lowest BCUT2D eigenvalue weighted by molar-refractivity contribution is -0.119. The van der Waals surface area contributed by atoms with Crippen molar-refractivity contribution < 1.29 is 22.0 Å². The number of aliphatic imine (C=N–C) groups is 1. The number of benzodiazepines with no additional fused rings is 1. The predicted molar refractivity (Wildman–Crippen MR) is 124 cm³/mol. The topological polar surface area (TPSA) is 77.0 Å². The summed E-state index contributed by atoms with van der Waals surface area (Å²) >= 11 is 0. The molecule has 0 radical (unpaired) electrons. The van der Waals surface area contributed by atoms with Crippen molar-refractivity contribution in [1.29, 1.82) is 0 Å². The van der Waals surface area contributed by atoms with Crippen molar-refractivity contribution in [2.24, 2.45) is 4.99 Å². The van der Waals surface area contributed by atoms with E-state index < -0.39 is 12.2 Å². The molecule has 2 heterocycles. The number of amides is 3. The Bertz CT molecular complexity index is 1000. The van der Waals surface area contributed by atoms with E-state index >= 15 is 0 Å². The summed E-state index contributed by atoms with van der Waals surface area (Å²) in [6.07, 6.45) is 3.59. The minimum absolute atomic E-state index is 0. The number of nitrogens with zero attached hydrogens (tertiary/aromatic N) is 3. The zero-order valence-corrected chi connectivity index (χ0v) is 19.2. The molecule has 3 amide bonds. The van der Waals surface area contributed by atoms with Gasteiger partial charge in [0, 0.05) is 31.4 Å². The standard InChI is InChI=1S/C24H29N5O2.ClH/c1-17-10-9-11-18(16-17)25-24(31)27-21-23(30)28(2)20-13-6-5-12-19(20)22(26-21)29-14-7-3-4-8-15-29;/h5-6,9-13,16,21H,3-4,7-8,14-15H2,1-2H3,(H2,25,27,31);1H/p-1/t21-;/m0./s1. The lowest BCUT2D eigenvalue weighted by atomic mass is 10.1. The summed E-state index contributed by atoms with van der Waals surface area (Å²) in [4.78, 5) is 34.5. The van der Waals surface area contributed by atoms with Gasteiger partial charge in [-0.3, -0.25) is 4.79 Å². The Kier molecular flexibility index (Phi) is 7.75. The summed E-state index contributed by atoms with van der Waals surface area (Å²) < 4.78 is 0. The van der Waals surface area contributed by atoms with E-state index in [1.54, 1.807) is 11.9 Å². The number of nitrogens with one attached hydrogen (secondary N) is 2. The molecule has 0 aliphatic carbocycles. The maximum atomic E-state index is 13.2. The van der Waals surface area contributed by atoms with Gasteiger partial charge in [0.1, 0.15) is 5.84 Å². The van der Waals surface area contributed by atoms with Gasteiger partial charge in [0.2, 0.25) is 6.17 Å². The van der Waals surface area contributed by atoms with Gasteiger partial charge in [-0.25, -0.2) is 9.79 Å². The Labute approximate surface area is 195 Å². The molecule has 2 aliphatic rings. The number of anilines is 2. The molecular formula is C24H29ClN5O2-. The van der Waals surface area contributed by atoms with Crippen LogP contribution >= 0.6 is 0 Å². The van der Waals surface area contributed by atoms with Crippen LogP contribution in [0.5, 0.6) is 0 Å². The largest absolute Gasteiger partial charge is 1.00 e. The van der Waals surface area contributed by atoms with Crippen molar-refractivity contribution in [3.8, 4) is 0 Å². The smallest absolute Gasteiger partial charge is 0.321 e. The second-order valence-electron chi connectivity index (χ2n) is 8.14. The molecule has 1 atom stereocenters. The molecule has 2 aromatic carbocycles. The summed E-state index contributed by atoms with van der Waals surface area (Å²) in [5.74, 6) is 0.507. The second-order valence-corrected chi connectivity index (χ2v) is 8.14. The molecule has 1 fully saturated rings. The normalized spacial score (nSPS) is 18.5. The molecule has 8 heteroatoms. The number of likely N-dealkylation sites (tertiary alicyclic amines) is 1. The number of halogens is 1. The number of rotatable bonds is 2. The first-order chi connectivity index (χ1) is 15.0. The molecule has 0 bridgehead atoms. The monoisotopic (exact) mass is 454 g/mol. The van der Waals surface area contributed by atoms with Crippen molar-refractivity contribution in [2.75, 3.05) is 30.4 Å². The van der Waals surface area contributed by atoms with Crippen molar-refractivity contribution in [2.45, 2.75) is 38.8 Å². The van der Waals surface area contributed by atoms with Crippen LogP contribution in [0, 0.1) is 6.92 Å². The third kappa shape index (κ3) is 5.22. The van der Waals surface area contributed by atoms with Gasteiger partial charge in [0.25, 0.3) is 5.91 Å². The predicted octanol–water partition coefficient (Wildman–Crippen LogP) is 0.746. The van der Waals surface area contributed by atoms with E-state index in [1.165, 1.54) is 12.8 Å². The number of likely N-dealkylation sites (N-methyl/N-ethyl adjacent to an activating group) is 1. The van der Waals surface area contributed by atoms with E-state index in [-0.39, 0.29) is 18.3 Å². The molecule has 0 spiro atoms. The lowest BCUT2D eigenvalue weighted by Crippen LogP contribution is -3.00. The molecule has 4 rings (SSSR count). The first-order valence-corrected chi connectivity index (χ1v) is 10.9. The van der Waals surface area contributed by atoms with Crippen LogP contribution in [0.25, 0.3) is 0 Å². The first-order valence-electron chi connectivity index (χ1n) is 10.9. The fourth-order valence-electron chi connectivity index (χ4n) is 4.15. The minimum atomic E-state index is -1.000. The molecule has 32 heavy (non-hydrogen) atoms. The summed E-state index contributed by atoms with van der Waals surface area (Å²) in [6.45, 7) is 3.75. The molecule has 0 unspecified atom stereocenters. The van der Waals surface area contributed by atoms with Gasteiger partial charge in [-0.15, -0.1) is 0 Å². The zero-order valence-electron chi connectivity index (χ0n) is 18.5. The van der Waals surface area contributed by atoms with E-state index in [0.29, 0.717) is 5.69 Å². The Morgan fingerprint density at radius 3 is 2.47 bits per heavy atom. The number of benzene rings is 2. The summed E-state index contributed by atoms with van der Waals surface area (Å²) in [7, 11) is 1.73. The van der Waals surface area contributed by atoms with Gasteiger partial charge in [0.15, 0.2) is 0 Å². The fraction of sp³-hybridized carbons (Fsp3) is 0.375. The van der Waals surface area contributed by atoms with Crippen molar-refractivity contribution in [1.82, 2.24) is 10.2 Å². The van der Waals surface area contributed by atoms with Crippen LogP contribution in [0.2, 0.25) is 0 Å². The van der Waals surface area contributed by atoms with Gasteiger partial charge in [-0.05, 0) is 49.6 Å². The average molecular weight is 455 g/mol. The van der Waals surface area contributed by atoms with Crippen molar-refractivity contribution in [3.05, 3.63) is 59.7 Å². The number of hydrogen-bond acceptors (Lipinski definition) is 4.